The van der Waals surface area contributed by atoms with Gasteiger partial charge in [0.25, 0.3) is 0 Å². The average Bonchev–Trinajstić information content (AvgIpc) is 2.90. The van der Waals surface area contributed by atoms with E-state index in [1.807, 2.05) is 0 Å². The highest BCUT2D eigenvalue weighted by Gasteiger charge is 2.23. The van der Waals surface area contributed by atoms with Gasteiger partial charge in [-0.05, 0) is 39.0 Å². The molecule has 0 saturated heterocycles. The Bertz CT molecular complexity index is 1070. The fraction of sp³-hybridized carbons (Fsp3) is 0.346. The molecule has 1 rings (SSSR count). The summed E-state index contributed by atoms with van der Waals surface area (Å²) >= 11 is 0. The number of esters is 5. The van der Waals surface area contributed by atoms with E-state index in [0.29, 0.717) is 0 Å². The second-order valence-electron chi connectivity index (χ2n) is 7.40. The first-order valence-electron chi connectivity index (χ1n) is 11.4. The van der Waals surface area contributed by atoms with Crippen molar-refractivity contribution in [2.24, 2.45) is 0 Å². The fourth-order valence-electron chi connectivity index (χ4n) is 2.54. The van der Waals surface area contributed by atoms with Crippen molar-refractivity contribution in [2.75, 3.05) is 26.4 Å². The predicted octanol–water partition coefficient (Wildman–Crippen LogP) is 1.65. The Kier molecular flexibility index (Phi) is 14.4. The summed E-state index contributed by atoms with van der Waals surface area (Å²) in [5.74, 6) is -4.33. The molecule has 0 amide bonds. The molecule has 0 aromatic heterocycles. The minimum Gasteiger partial charge on any atom is -0.460 e. The van der Waals surface area contributed by atoms with Crippen LogP contribution in [0.3, 0.4) is 0 Å². The lowest BCUT2D eigenvalue weighted by Crippen LogP contribution is -2.26. The van der Waals surface area contributed by atoms with Gasteiger partial charge in [-0.15, -0.1) is 0 Å². The van der Waals surface area contributed by atoms with E-state index in [-0.39, 0.29) is 16.7 Å². The van der Waals surface area contributed by atoms with Crippen molar-refractivity contribution in [1.82, 2.24) is 0 Å². The SMILES string of the molecule is CC=COC(=O)c1ccc(C(=O)OCC(O)COC(=O)C=CC)cc1C(=O)OCC(O)COC(=O)C=CC. The molecule has 12 nitrogen and oxygen atoms in total. The minimum atomic E-state index is -1.36. The average molecular weight is 535 g/mol. The predicted molar refractivity (Wildman–Crippen MR) is 131 cm³/mol. The van der Waals surface area contributed by atoms with Crippen LogP contribution >= 0.6 is 0 Å². The number of aliphatic hydroxyl groups is 2. The van der Waals surface area contributed by atoms with Crippen LogP contribution in [0, 0.1) is 0 Å². The molecule has 206 valence electrons. The Hall–Kier alpha value is -4.29. The maximum Gasteiger partial charge on any atom is 0.343 e. The molecule has 0 aliphatic heterocycles. The molecule has 1 aromatic rings. The number of aliphatic hydroxyl groups excluding tert-OH is 2. The first kappa shape index (κ1) is 31.7. The number of benzene rings is 1. The number of rotatable bonds is 14. The van der Waals surface area contributed by atoms with Crippen LogP contribution in [0.15, 0.2) is 54.8 Å². The second kappa shape index (κ2) is 17.2. The molecular formula is C26H30O12. The number of carbonyl (C=O) groups is 5. The Morgan fingerprint density at radius 3 is 1.68 bits per heavy atom. The zero-order chi connectivity index (χ0) is 28.5. The maximum absolute atomic E-state index is 12.7. The topological polar surface area (TPSA) is 172 Å². The molecule has 12 heteroatoms. The molecule has 0 fully saturated rings. The molecule has 0 heterocycles. The Labute approximate surface area is 219 Å². The zero-order valence-electron chi connectivity index (χ0n) is 21.2. The van der Waals surface area contributed by atoms with Crippen molar-refractivity contribution >= 4 is 29.8 Å². The summed E-state index contributed by atoms with van der Waals surface area (Å²) in [7, 11) is 0. The number of allylic oxidation sites excluding steroid dienone is 3. The monoisotopic (exact) mass is 534 g/mol. The lowest BCUT2D eigenvalue weighted by Gasteiger charge is -2.14. The van der Waals surface area contributed by atoms with Crippen LogP contribution in [0.1, 0.15) is 51.8 Å². The van der Waals surface area contributed by atoms with Crippen molar-refractivity contribution < 1.29 is 57.9 Å². The lowest BCUT2D eigenvalue weighted by molar-refractivity contribution is -0.142. The summed E-state index contributed by atoms with van der Waals surface area (Å²) in [6.07, 6.45) is 5.05. The van der Waals surface area contributed by atoms with Gasteiger partial charge in [0.1, 0.15) is 38.6 Å². The third kappa shape index (κ3) is 11.6. The Morgan fingerprint density at radius 2 is 1.18 bits per heavy atom. The van der Waals surface area contributed by atoms with Gasteiger partial charge in [0.05, 0.1) is 23.0 Å². The molecule has 2 N–H and O–H groups in total. The Morgan fingerprint density at radius 1 is 0.684 bits per heavy atom. The summed E-state index contributed by atoms with van der Waals surface area (Å²) in [6.45, 7) is 2.83. The van der Waals surface area contributed by atoms with Gasteiger partial charge in [-0.1, -0.05) is 18.2 Å². The van der Waals surface area contributed by atoms with Crippen molar-refractivity contribution in [3.05, 3.63) is 71.5 Å². The molecular weight excluding hydrogens is 504 g/mol. The van der Waals surface area contributed by atoms with Crippen molar-refractivity contribution in [3.8, 4) is 0 Å². The second-order valence-corrected chi connectivity index (χ2v) is 7.40. The van der Waals surface area contributed by atoms with Gasteiger partial charge < -0.3 is 33.9 Å². The molecule has 0 aliphatic carbocycles. The number of hydrogen-bond donors (Lipinski definition) is 2. The molecule has 0 aliphatic rings. The van der Waals surface area contributed by atoms with Crippen molar-refractivity contribution in [1.29, 1.82) is 0 Å². The quantitative estimate of drug-likeness (QED) is 0.153. The van der Waals surface area contributed by atoms with E-state index in [2.05, 4.69) is 0 Å². The Balaban J connectivity index is 2.93. The minimum absolute atomic E-state index is 0.168. The standard InChI is InChI=1S/C26H30O12/c1-4-7-22(29)35-13-18(27)15-37-24(31)17-9-10-20(25(32)34-11-6-3)21(12-17)26(33)38-16-19(28)14-36-23(30)8-5-2/h4-12,18-19,27-28H,13-16H2,1-3H3. The van der Waals surface area contributed by atoms with E-state index in [1.54, 1.807) is 20.8 Å². The van der Waals surface area contributed by atoms with Crippen LogP contribution in [0.2, 0.25) is 0 Å². The van der Waals surface area contributed by atoms with Gasteiger partial charge in [-0.2, -0.15) is 0 Å². The van der Waals surface area contributed by atoms with Gasteiger partial charge >= 0.3 is 29.8 Å². The largest absolute Gasteiger partial charge is 0.460 e. The molecule has 0 radical (unpaired) electrons. The van der Waals surface area contributed by atoms with Gasteiger partial charge in [0.2, 0.25) is 0 Å². The lowest BCUT2D eigenvalue weighted by atomic mass is 10.0. The van der Waals surface area contributed by atoms with E-state index in [0.717, 1.165) is 30.5 Å². The van der Waals surface area contributed by atoms with Crippen LogP contribution in [-0.2, 0) is 33.3 Å². The summed E-state index contributed by atoms with van der Waals surface area (Å²) in [4.78, 5) is 60.2. The first-order chi connectivity index (χ1) is 18.1. The summed E-state index contributed by atoms with van der Waals surface area (Å²) in [5.41, 5.74) is -0.777. The van der Waals surface area contributed by atoms with Crippen LogP contribution in [-0.4, -0.2) is 78.7 Å². The number of hydrogen-bond acceptors (Lipinski definition) is 12. The number of carbonyl (C=O) groups excluding carboxylic acids is 5. The van der Waals surface area contributed by atoms with Crippen LogP contribution < -0.4 is 0 Å². The third-order valence-corrected chi connectivity index (χ3v) is 4.26. The summed E-state index contributed by atoms with van der Waals surface area (Å²) in [5, 5.41) is 19.8. The number of ether oxygens (including phenoxy) is 5. The van der Waals surface area contributed by atoms with E-state index in [9.17, 15) is 34.2 Å². The third-order valence-electron chi connectivity index (χ3n) is 4.26. The summed E-state index contributed by atoms with van der Waals surface area (Å²) in [6, 6.07) is 3.36. The highest BCUT2D eigenvalue weighted by molar-refractivity contribution is 6.05. The van der Waals surface area contributed by atoms with E-state index < -0.39 is 68.5 Å². The van der Waals surface area contributed by atoms with Crippen molar-refractivity contribution in [3.63, 3.8) is 0 Å². The van der Waals surface area contributed by atoms with Crippen LogP contribution in [0.25, 0.3) is 0 Å². The molecule has 0 spiro atoms. The highest BCUT2D eigenvalue weighted by Crippen LogP contribution is 2.17. The molecule has 1 aromatic carbocycles. The van der Waals surface area contributed by atoms with E-state index in [4.69, 9.17) is 23.7 Å². The zero-order valence-corrected chi connectivity index (χ0v) is 21.2. The van der Waals surface area contributed by atoms with Gasteiger partial charge in [-0.3, -0.25) is 0 Å². The van der Waals surface area contributed by atoms with E-state index >= 15 is 0 Å². The molecule has 0 saturated carbocycles. The highest BCUT2D eigenvalue weighted by atomic mass is 16.6. The van der Waals surface area contributed by atoms with Crippen LogP contribution in [0.5, 0.6) is 0 Å². The normalized spacial score (nSPS) is 12.8. The maximum atomic E-state index is 12.7. The van der Waals surface area contributed by atoms with Crippen LogP contribution in [0.4, 0.5) is 0 Å². The van der Waals surface area contributed by atoms with Gasteiger partial charge in [0.15, 0.2) is 0 Å². The van der Waals surface area contributed by atoms with Crippen molar-refractivity contribution in [2.45, 2.75) is 33.0 Å². The molecule has 38 heavy (non-hydrogen) atoms. The van der Waals surface area contributed by atoms with Gasteiger partial charge in [-0.25, -0.2) is 24.0 Å². The first-order valence-corrected chi connectivity index (χ1v) is 11.4. The summed E-state index contributed by atoms with van der Waals surface area (Å²) < 4.78 is 24.4. The van der Waals surface area contributed by atoms with Gasteiger partial charge in [0, 0.05) is 12.2 Å². The molecule has 2 unspecified atom stereocenters. The molecule has 2 atom stereocenters. The smallest absolute Gasteiger partial charge is 0.343 e. The molecule has 0 bridgehead atoms. The van der Waals surface area contributed by atoms with E-state index in [1.165, 1.54) is 24.3 Å². The fourth-order valence-corrected chi connectivity index (χ4v) is 2.54.